The molecule has 0 aromatic carbocycles. The molecule has 0 aliphatic rings. The van der Waals surface area contributed by atoms with E-state index in [4.69, 9.17) is 70.3 Å². The predicted molar refractivity (Wildman–Crippen MR) is 480 cm³/mol. The van der Waals surface area contributed by atoms with Crippen molar-refractivity contribution < 1.29 is 124 Å². The van der Waals surface area contributed by atoms with Crippen molar-refractivity contribution in [1.29, 1.82) is 0 Å². The first-order chi connectivity index (χ1) is 60.8. The standard InChI is InChI=1S/C57H102N8O20.C25H54N8O4.C4H6O2/c1-57(2,3)85-56(76)58-26-14-12-13-15-27-59(28-16-46(66)64(42-38-60(30-18-48(68)77-4)31-19-49(69)78-5)43-39-61(32-20-50(70)79-6)33-21-51(71)80-7)29-17-47(67)65(44-40-62(34-22-52(72)81-8)35-23-53(73)82-9)45-41-63(36-24-54(74)83-10)37-25-55(75)84-11;1-25(2,3)37-24(36)30-14-6-4-5-7-15-31(16-8-22(34)32(18-10-26)19-11-27)17-9-23(35)33(20-12-28)21-13-29;1-3-4(5)6-2/h12-45H2,1-11H3,(H,58,76);4-21,26-29H2,1-3H3,(H,30,36);3H,1H2,2H3. The first-order valence-corrected chi connectivity index (χ1v) is 44.3. The quantitative estimate of drug-likeness (QED) is 0.0217. The van der Waals surface area contributed by atoms with Crippen LogP contribution in [0.2, 0.25) is 0 Å². The van der Waals surface area contributed by atoms with Gasteiger partial charge in [0.15, 0.2) is 0 Å². The second-order valence-corrected chi connectivity index (χ2v) is 31.7. The van der Waals surface area contributed by atoms with E-state index in [1.54, 1.807) is 40.4 Å². The molecule has 0 fully saturated rings. The summed E-state index contributed by atoms with van der Waals surface area (Å²) >= 11 is 0. The molecule has 42 nitrogen and oxygen atoms in total. The number of carbonyl (C=O) groups excluding carboxylic acids is 15. The predicted octanol–water partition coefficient (Wildman–Crippen LogP) is 1.51. The van der Waals surface area contributed by atoms with Crippen molar-refractivity contribution >= 4 is 89.5 Å². The number of hydrogen-bond donors (Lipinski definition) is 6. The van der Waals surface area contributed by atoms with Gasteiger partial charge < -0.3 is 135 Å². The Morgan fingerprint density at radius 3 is 0.609 bits per heavy atom. The van der Waals surface area contributed by atoms with Crippen molar-refractivity contribution in [2.75, 3.05) is 273 Å². The van der Waals surface area contributed by atoms with E-state index in [1.165, 1.54) is 64.0 Å². The molecule has 0 aromatic rings. The number of nitrogens with zero attached hydrogens (tertiary/aromatic N) is 10. The van der Waals surface area contributed by atoms with Gasteiger partial charge in [-0.05, 0) is 80.3 Å². The number of esters is 9. The average Bonchev–Trinajstić information content (AvgIpc) is 0.896. The highest BCUT2D eigenvalue weighted by Gasteiger charge is 2.26. The van der Waals surface area contributed by atoms with Crippen molar-refractivity contribution in [3.05, 3.63) is 12.7 Å². The molecule has 0 aliphatic heterocycles. The number of alkyl carbamates (subject to hydrolysis) is 2. The summed E-state index contributed by atoms with van der Waals surface area (Å²) in [6.45, 7) is 24.9. The van der Waals surface area contributed by atoms with Crippen LogP contribution < -0.4 is 33.6 Å². The maximum atomic E-state index is 14.6. The maximum absolute atomic E-state index is 14.6. The number of hydrogen-bond acceptors (Lipinski definition) is 36. The minimum Gasteiger partial charge on any atom is -0.469 e. The van der Waals surface area contributed by atoms with Crippen LogP contribution in [-0.4, -0.2) is 423 Å². The molecule has 0 unspecified atom stereocenters. The number of rotatable bonds is 71. The topological polar surface area (TPSA) is 518 Å². The van der Waals surface area contributed by atoms with Gasteiger partial charge in [-0.1, -0.05) is 32.3 Å². The van der Waals surface area contributed by atoms with Crippen LogP contribution in [0.25, 0.3) is 0 Å². The Balaban J connectivity index is -0.00000299. The van der Waals surface area contributed by atoms with Gasteiger partial charge in [0.25, 0.3) is 0 Å². The van der Waals surface area contributed by atoms with E-state index in [0.29, 0.717) is 111 Å². The Bertz CT molecular complexity index is 2800. The van der Waals surface area contributed by atoms with Gasteiger partial charge in [-0.25, -0.2) is 14.4 Å². The monoisotopic (exact) mass is 1840 g/mol. The molecule has 0 radical (unpaired) electrons. The fourth-order valence-corrected chi connectivity index (χ4v) is 12.3. The Hall–Kier alpha value is -9.01. The summed E-state index contributed by atoms with van der Waals surface area (Å²) in [6, 6.07) is 0. The van der Waals surface area contributed by atoms with Crippen LogP contribution in [0.3, 0.4) is 0 Å². The van der Waals surface area contributed by atoms with E-state index in [2.05, 4.69) is 26.8 Å². The molecule has 42 heteroatoms. The first-order valence-electron chi connectivity index (χ1n) is 44.3. The fourth-order valence-electron chi connectivity index (χ4n) is 12.3. The highest BCUT2D eigenvalue weighted by Crippen LogP contribution is 2.14. The Morgan fingerprint density at radius 1 is 0.250 bits per heavy atom. The van der Waals surface area contributed by atoms with E-state index >= 15 is 0 Å². The second kappa shape index (κ2) is 77.9. The lowest BCUT2D eigenvalue weighted by atomic mass is 10.1. The smallest absolute Gasteiger partial charge is 0.407 e. The van der Waals surface area contributed by atoms with Crippen LogP contribution in [0.1, 0.15) is 170 Å². The summed E-state index contributed by atoms with van der Waals surface area (Å²) in [5.41, 5.74) is 21.4. The largest absolute Gasteiger partial charge is 0.469 e. The lowest BCUT2D eigenvalue weighted by Crippen LogP contribution is -2.46. The van der Waals surface area contributed by atoms with Crippen molar-refractivity contribution in [1.82, 2.24) is 59.6 Å². The van der Waals surface area contributed by atoms with Gasteiger partial charge in [0.1, 0.15) is 11.2 Å². The molecule has 0 bridgehead atoms. The zero-order chi connectivity index (χ0) is 97.1. The highest BCUT2D eigenvalue weighted by molar-refractivity contribution is 5.81. The molecule has 0 saturated heterocycles. The first kappa shape index (κ1) is 123. The third kappa shape index (κ3) is 70.9. The summed E-state index contributed by atoms with van der Waals surface area (Å²) in [5.74, 6) is -4.48. The second-order valence-electron chi connectivity index (χ2n) is 31.7. The van der Waals surface area contributed by atoms with Crippen LogP contribution in [0, 0.1) is 0 Å². The van der Waals surface area contributed by atoms with Gasteiger partial charge in [0, 0.05) is 228 Å². The number of methoxy groups -OCH3 is 9. The molecule has 128 heavy (non-hydrogen) atoms. The Morgan fingerprint density at radius 2 is 0.438 bits per heavy atom. The fraction of sp³-hybridized carbons (Fsp3) is 0.802. The maximum Gasteiger partial charge on any atom is 0.407 e. The minimum absolute atomic E-state index is 0.0110. The summed E-state index contributed by atoms with van der Waals surface area (Å²) in [4.78, 5) is 205. The third-order valence-electron chi connectivity index (χ3n) is 19.7. The van der Waals surface area contributed by atoms with E-state index in [-0.39, 0.29) is 206 Å². The molecular formula is C86H162N16O26. The number of amides is 6. The lowest BCUT2D eigenvalue weighted by molar-refractivity contribution is -0.143. The van der Waals surface area contributed by atoms with E-state index in [1.807, 2.05) is 45.3 Å². The third-order valence-corrected chi connectivity index (χ3v) is 19.7. The van der Waals surface area contributed by atoms with Crippen molar-refractivity contribution in [3.8, 4) is 0 Å². The molecule has 0 atom stereocenters. The van der Waals surface area contributed by atoms with Gasteiger partial charge in [-0.15, -0.1) is 0 Å². The summed E-state index contributed by atoms with van der Waals surface area (Å²) in [7, 11) is 11.5. The Kier molecular flexibility index (Phi) is 74.9. The van der Waals surface area contributed by atoms with Crippen LogP contribution in [0.4, 0.5) is 9.59 Å². The van der Waals surface area contributed by atoms with Gasteiger partial charge >= 0.3 is 65.9 Å². The molecule has 0 aromatic heterocycles. The summed E-state index contributed by atoms with van der Waals surface area (Å²) in [6.07, 6.45) is 7.74. The number of nitrogens with two attached hydrogens (primary N) is 4. The van der Waals surface area contributed by atoms with Crippen molar-refractivity contribution in [2.24, 2.45) is 22.9 Å². The molecule has 0 spiro atoms. The SMILES string of the molecule is C=CC(=O)OC.CC(C)(C)OC(=O)NCCCCCCN(CCC(=O)N(CCN)CCN)CCC(=O)N(CCN)CCN.COC(=O)CCN(CCC(=O)OC)CCN(CCN(CCC(=O)OC)CCC(=O)OC)C(=O)CCN(CCCCCCNC(=O)OC(C)(C)C)CCC(=O)N(CCN(CCC(=O)OC)CCC(=O)OC)CCN(CCC(=O)OC)CCC(=O)OC. The average molecular weight is 1840 g/mol. The molecule has 0 rings (SSSR count). The molecule has 0 aliphatic carbocycles. The molecule has 0 heterocycles. The van der Waals surface area contributed by atoms with Crippen molar-refractivity contribution in [2.45, 2.75) is 181 Å². The zero-order valence-electron chi connectivity index (χ0n) is 80.0. The van der Waals surface area contributed by atoms with Gasteiger partial charge in [0.05, 0.1) is 115 Å². The normalized spacial score (nSPS) is 11.1. The summed E-state index contributed by atoms with van der Waals surface area (Å²) in [5, 5.41) is 5.55. The lowest BCUT2D eigenvalue weighted by Gasteiger charge is -2.32. The highest BCUT2D eigenvalue weighted by atomic mass is 16.6. The number of nitrogens with one attached hydrogen (secondary N) is 2. The van der Waals surface area contributed by atoms with Crippen LogP contribution in [0.15, 0.2) is 12.7 Å². The Labute approximate surface area is 760 Å². The van der Waals surface area contributed by atoms with Crippen LogP contribution >= 0.6 is 0 Å². The number of carbonyl (C=O) groups is 15. The van der Waals surface area contributed by atoms with E-state index in [0.717, 1.165) is 51.1 Å². The van der Waals surface area contributed by atoms with Crippen LogP contribution in [0.5, 0.6) is 0 Å². The number of unbranched alkanes of at least 4 members (excludes halogenated alkanes) is 6. The van der Waals surface area contributed by atoms with Crippen molar-refractivity contribution in [3.63, 3.8) is 0 Å². The van der Waals surface area contributed by atoms with Gasteiger partial charge in [-0.2, -0.15) is 0 Å². The van der Waals surface area contributed by atoms with E-state index < -0.39 is 77.1 Å². The van der Waals surface area contributed by atoms with E-state index in [9.17, 15) is 71.9 Å². The molecule has 10 N–H and O–H groups in total. The molecular weight excluding hydrogens is 1670 g/mol. The van der Waals surface area contributed by atoms with Gasteiger partial charge in [-0.3, -0.25) is 57.5 Å². The number of ether oxygens (including phenoxy) is 11. The molecule has 0 saturated carbocycles. The minimum atomic E-state index is -0.643. The summed E-state index contributed by atoms with van der Waals surface area (Å²) < 4.78 is 53.7. The van der Waals surface area contributed by atoms with Gasteiger partial charge in [0.2, 0.25) is 23.6 Å². The molecule has 6 amide bonds. The molecule has 742 valence electrons. The zero-order valence-corrected chi connectivity index (χ0v) is 80.0. The van der Waals surface area contributed by atoms with Crippen LogP contribution in [-0.2, 0) is 114 Å².